The van der Waals surface area contributed by atoms with Crippen LogP contribution >= 0.6 is 15.9 Å². The standard InChI is InChI=1S/C18H19BrO3/c1-12(2)14-5-4-6-15(10-14)21-11-18(20)22-17-8-7-13(3)9-16(17)19/h4-10,12H,11H2,1-3H3. The second kappa shape index (κ2) is 7.45. The molecule has 4 heteroatoms. The van der Waals surface area contributed by atoms with Crippen molar-refractivity contribution in [2.75, 3.05) is 6.61 Å². The molecule has 0 radical (unpaired) electrons. The lowest BCUT2D eigenvalue weighted by atomic mass is 10.0. The van der Waals surface area contributed by atoms with Crippen molar-refractivity contribution < 1.29 is 14.3 Å². The zero-order chi connectivity index (χ0) is 16.1. The van der Waals surface area contributed by atoms with Gasteiger partial charge >= 0.3 is 5.97 Å². The molecule has 0 aromatic heterocycles. The van der Waals surface area contributed by atoms with Crippen LogP contribution in [0.4, 0.5) is 0 Å². The van der Waals surface area contributed by atoms with Gasteiger partial charge in [0.15, 0.2) is 6.61 Å². The Morgan fingerprint density at radius 2 is 1.95 bits per heavy atom. The van der Waals surface area contributed by atoms with Crippen molar-refractivity contribution in [3.8, 4) is 11.5 Å². The van der Waals surface area contributed by atoms with E-state index in [1.807, 2.05) is 43.3 Å². The van der Waals surface area contributed by atoms with Gasteiger partial charge in [-0.25, -0.2) is 4.79 Å². The maximum absolute atomic E-state index is 11.9. The molecule has 0 saturated carbocycles. The summed E-state index contributed by atoms with van der Waals surface area (Å²) in [6.45, 7) is 6.08. The molecule has 2 rings (SSSR count). The van der Waals surface area contributed by atoms with Crippen LogP contribution in [0, 0.1) is 6.92 Å². The van der Waals surface area contributed by atoms with Gasteiger partial charge in [0.1, 0.15) is 11.5 Å². The first-order valence-electron chi connectivity index (χ1n) is 7.15. The van der Waals surface area contributed by atoms with E-state index in [0.717, 1.165) is 10.0 Å². The zero-order valence-corrected chi connectivity index (χ0v) is 14.5. The second-order valence-corrected chi connectivity index (χ2v) is 6.28. The highest BCUT2D eigenvalue weighted by molar-refractivity contribution is 9.10. The molecule has 22 heavy (non-hydrogen) atoms. The molecule has 0 aliphatic carbocycles. The number of hydrogen-bond acceptors (Lipinski definition) is 3. The van der Waals surface area contributed by atoms with Gasteiger partial charge in [0.2, 0.25) is 0 Å². The predicted molar refractivity (Wildman–Crippen MR) is 90.5 cm³/mol. The van der Waals surface area contributed by atoms with Crippen LogP contribution in [0.3, 0.4) is 0 Å². The van der Waals surface area contributed by atoms with Gasteiger partial charge in [-0.1, -0.05) is 32.0 Å². The topological polar surface area (TPSA) is 35.5 Å². The van der Waals surface area contributed by atoms with E-state index in [4.69, 9.17) is 9.47 Å². The average Bonchev–Trinajstić information content (AvgIpc) is 2.48. The minimum atomic E-state index is -0.431. The van der Waals surface area contributed by atoms with Gasteiger partial charge in [0, 0.05) is 0 Å². The summed E-state index contributed by atoms with van der Waals surface area (Å²) in [5.74, 6) is 1.15. The number of halogens is 1. The van der Waals surface area contributed by atoms with Crippen LogP contribution in [-0.4, -0.2) is 12.6 Å². The molecule has 2 aromatic carbocycles. The SMILES string of the molecule is Cc1ccc(OC(=O)COc2cccc(C(C)C)c2)c(Br)c1. The third kappa shape index (κ3) is 4.60. The Bertz CT molecular complexity index is 665. The minimum Gasteiger partial charge on any atom is -0.482 e. The van der Waals surface area contributed by atoms with Gasteiger partial charge in [-0.3, -0.25) is 0 Å². The smallest absolute Gasteiger partial charge is 0.349 e. The fourth-order valence-electron chi connectivity index (χ4n) is 1.95. The summed E-state index contributed by atoms with van der Waals surface area (Å²) in [7, 11) is 0. The normalized spacial score (nSPS) is 10.6. The van der Waals surface area contributed by atoms with Crippen LogP contribution in [-0.2, 0) is 4.79 Å². The summed E-state index contributed by atoms with van der Waals surface area (Å²) in [5.41, 5.74) is 2.26. The van der Waals surface area contributed by atoms with Crippen LogP contribution in [0.5, 0.6) is 11.5 Å². The van der Waals surface area contributed by atoms with Gasteiger partial charge in [0.25, 0.3) is 0 Å². The van der Waals surface area contributed by atoms with Crippen LogP contribution in [0.1, 0.15) is 30.9 Å². The number of rotatable bonds is 5. The van der Waals surface area contributed by atoms with Crippen molar-refractivity contribution in [3.05, 3.63) is 58.1 Å². The quantitative estimate of drug-likeness (QED) is 0.562. The maximum atomic E-state index is 11.9. The molecule has 0 amide bonds. The Morgan fingerprint density at radius 3 is 2.64 bits per heavy atom. The van der Waals surface area contributed by atoms with Gasteiger partial charge in [0.05, 0.1) is 4.47 Å². The number of carbonyl (C=O) groups is 1. The highest BCUT2D eigenvalue weighted by Crippen LogP contribution is 2.26. The van der Waals surface area contributed by atoms with Crippen LogP contribution in [0.15, 0.2) is 46.9 Å². The average molecular weight is 363 g/mol. The van der Waals surface area contributed by atoms with E-state index < -0.39 is 5.97 Å². The Balaban J connectivity index is 1.94. The van der Waals surface area contributed by atoms with Gasteiger partial charge in [-0.05, 0) is 64.2 Å². The van der Waals surface area contributed by atoms with Crippen molar-refractivity contribution in [1.82, 2.24) is 0 Å². The third-order valence-electron chi connectivity index (χ3n) is 3.19. The van der Waals surface area contributed by atoms with Crippen LogP contribution in [0.25, 0.3) is 0 Å². The summed E-state index contributed by atoms with van der Waals surface area (Å²) in [6, 6.07) is 13.3. The summed E-state index contributed by atoms with van der Waals surface area (Å²) in [6.07, 6.45) is 0. The molecule has 0 unspecified atom stereocenters. The molecule has 116 valence electrons. The summed E-state index contributed by atoms with van der Waals surface area (Å²) < 4.78 is 11.5. The molecule has 0 aliphatic heterocycles. The summed E-state index contributed by atoms with van der Waals surface area (Å²) in [5, 5.41) is 0. The fourth-order valence-corrected chi connectivity index (χ4v) is 2.52. The first kappa shape index (κ1) is 16.6. The second-order valence-electron chi connectivity index (χ2n) is 5.42. The molecule has 2 aromatic rings. The monoisotopic (exact) mass is 362 g/mol. The van der Waals surface area contributed by atoms with E-state index >= 15 is 0 Å². The third-order valence-corrected chi connectivity index (χ3v) is 3.81. The first-order chi connectivity index (χ1) is 10.5. The molecule has 0 saturated heterocycles. The largest absolute Gasteiger partial charge is 0.482 e. The highest BCUT2D eigenvalue weighted by atomic mass is 79.9. The number of aryl methyl sites for hydroxylation is 1. The lowest BCUT2D eigenvalue weighted by Gasteiger charge is -2.10. The van der Waals surface area contributed by atoms with Crippen molar-refractivity contribution in [2.24, 2.45) is 0 Å². The molecular formula is C18H19BrO3. The van der Waals surface area contributed by atoms with Crippen molar-refractivity contribution >= 4 is 21.9 Å². The Kier molecular flexibility index (Phi) is 5.61. The van der Waals surface area contributed by atoms with E-state index in [9.17, 15) is 4.79 Å². The van der Waals surface area contributed by atoms with Crippen LogP contribution < -0.4 is 9.47 Å². The van der Waals surface area contributed by atoms with Gasteiger partial charge in [-0.15, -0.1) is 0 Å². The number of benzene rings is 2. The van der Waals surface area contributed by atoms with E-state index in [2.05, 4.69) is 29.8 Å². The molecular weight excluding hydrogens is 344 g/mol. The van der Waals surface area contributed by atoms with E-state index in [1.54, 1.807) is 6.07 Å². The molecule has 0 N–H and O–H groups in total. The Labute approximate surface area is 139 Å². The van der Waals surface area contributed by atoms with Crippen LogP contribution in [0.2, 0.25) is 0 Å². The van der Waals surface area contributed by atoms with E-state index in [-0.39, 0.29) is 6.61 Å². The van der Waals surface area contributed by atoms with Crippen molar-refractivity contribution in [2.45, 2.75) is 26.7 Å². The molecule has 0 fully saturated rings. The number of esters is 1. The lowest BCUT2D eigenvalue weighted by Crippen LogP contribution is -2.18. The number of ether oxygens (including phenoxy) is 2. The molecule has 0 aliphatic rings. The van der Waals surface area contributed by atoms with E-state index in [1.165, 1.54) is 5.56 Å². The first-order valence-corrected chi connectivity index (χ1v) is 7.94. The Hall–Kier alpha value is -1.81. The summed E-state index contributed by atoms with van der Waals surface area (Å²) >= 11 is 3.38. The molecule has 3 nitrogen and oxygen atoms in total. The predicted octanol–water partition coefficient (Wildman–Crippen LogP) is 4.87. The molecule has 0 atom stereocenters. The zero-order valence-electron chi connectivity index (χ0n) is 12.9. The molecule has 0 bridgehead atoms. The van der Waals surface area contributed by atoms with Crippen molar-refractivity contribution in [1.29, 1.82) is 0 Å². The van der Waals surface area contributed by atoms with Gasteiger partial charge < -0.3 is 9.47 Å². The number of carbonyl (C=O) groups excluding carboxylic acids is 1. The van der Waals surface area contributed by atoms with Gasteiger partial charge in [-0.2, -0.15) is 0 Å². The fraction of sp³-hybridized carbons (Fsp3) is 0.278. The highest BCUT2D eigenvalue weighted by Gasteiger charge is 2.10. The van der Waals surface area contributed by atoms with E-state index in [0.29, 0.717) is 17.4 Å². The minimum absolute atomic E-state index is 0.123. The number of hydrogen-bond donors (Lipinski definition) is 0. The Morgan fingerprint density at radius 1 is 1.18 bits per heavy atom. The molecule has 0 heterocycles. The summed E-state index contributed by atoms with van der Waals surface area (Å²) in [4.78, 5) is 11.9. The lowest BCUT2D eigenvalue weighted by molar-refractivity contribution is -0.136. The maximum Gasteiger partial charge on any atom is 0.349 e. The molecule has 0 spiro atoms. The van der Waals surface area contributed by atoms with Crippen molar-refractivity contribution in [3.63, 3.8) is 0 Å².